The minimum atomic E-state index is -0.630. The summed E-state index contributed by atoms with van der Waals surface area (Å²) in [6, 6.07) is 4.08. The summed E-state index contributed by atoms with van der Waals surface area (Å²) in [5.41, 5.74) is -0.751. The van der Waals surface area contributed by atoms with Crippen LogP contribution >= 0.6 is 0 Å². The Bertz CT molecular complexity index is 296. The van der Waals surface area contributed by atoms with Gasteiger partial charge in [0.05, 0.1) is 18.2 Å². The molecule has 0 amide bonds. The fraction of sp³-hybridized carbons (Fsp3) is 0.818. The highest BCUT2D eigenvalue weighted by molar-refractivity contribution is 5.15. The van der Waals surface area contributed by atoms with Gasteiger partial charge in [-0.1, -0.05) is 20.8 Å². The zero-order chi connectivity index (χ0) is 11.0. The van der Waals surface area contributed by atoms with Crippen molar-refractivity contribution in [3.63, 3.8) is 0 Å². The van der Waals surface area contributed by atoms with E-state index in [2.05, 4.69) is 0 Å². The van der Waals surface area contributed by atoms with Crippen molar-refractivity contribution in [2.45, 2.75) is 39.7 Å². The van der Waals surface area contributed by atoms with Crippen LogP contribution in [0, 0.1) is 39.4 Å². The SMILES string of the molecule is CC1(C)[C@@H](O)CC[C@@]1(C)C(C#N)C#N. The predicted octanol–water partition coefficient (Wildman–Crippen LogP) is 1.84. The lowest BCUT2D eigenvalue weighted by atomic mass is 9.62. The third kappa shape index (κ3) is 1.21. The molecule has 0 bridgehead atoms. The molecule has 0 heterocycles. The Morgan fingerprint density at radius 2 is 1.79 bits per heavy atom. The molecule has 1 aliphatic carbocycles. The molecule has 2 atom stereocenters. The number of hydrogen-bond acceptors (Lipinski definition) is 3. The molecule has 1 saturated carbocycles. The summed E-state index contributed by atoms with van der Waals surface area (Å²) >= 11 is 0. The summed E-state index contributed by atoms with van der Waals surface area (Å²) in [5, 5.41) is 27.6. The molecule has 0 radical (unpaired) electrons. The highest BCUT2D eigenvalue weighted by Crippen LogP contribution is 2.56. The first-order chi connectivity index (χ1) is 6.40. The molecule has 3 heteroatoms. The third-order valence-electron chi connectivity index (χ3n) is 4.14. The largest absolute Gasteiger partial charge is 0.393 e. The molecule has 0 aromatic heterocycles. The van der Waals surface area contributed by atoms with Gasteiger partial charge in [-0.3, -0.25) is 0 Å². The molecule has 1 aliphatic rings. The first kappa shape index (κ1) is 11.0. The second kappa shape index (κ2) is 3.26. The lowest BCUT2D eigenvalue weighted by molar-refractivity contribution is 0.00169. The van der Waals surface area contributed by atoms with Gasteiger partial charge in [0.15, 0.2) is 0 Å². The van der Waals surface area contributed by atoms with Crippen LogP contribution in [0.5, 0.6) is 0 Å². The number of nitrogens with zero attached hydrogens (tertiary/aromatic N) is 2. The van der Waals surface area contributed by atoms with Crippen molar-refractivity contribution >= 4 is 0 Å². The molecule has 1 N–H and O–H groups in total. The van der Waals surface area contributed by atoms with Gasteiger partial charge in [-0.25, -0.2) is 0 Å². The van der Waals surface area contributed by atoms with Gasteiger partial charge in [-0.05, 0) is 18.3 Å². The molecular formula is C11H16N2O. The molecule has 0 aromatic carbocycles. The van der Waals surface area contributed by atoms with Gasteiger partial charge < -0.3 is 5.11 Å². The van der Waals surface area contributed by atoms with E-state index in [1.165, 1.54) is 0 Å². The number of nitriles is 2. The summed E-state index contributed by atoms with van der Waals surface area (Å²) in [6.07, 6.45) is 1.02. The van der Waals surface area contributed by atoms with Crippen LogP contribution in [-0.2, 0) is 0 Å². The van der Waals surface area contributed by atoms with Crippen molar-refractivity contribution in [1.29, 1.82) is 10.5 Å². The summed E-state index contributed by atoms with van der Waals surface area (Å²) in [4.78, 5) is 0. The number of hydrogen-bond donors (Lipinski definition) is 1. The molecular weight excluding hydrogens is 176 g/mol. The molecule has 0 aromatic rings. The molecule has 0 spiro atoms. The Morgan fingerprint density at radius 1 is 1.29 bits per heavy atom. The van der Waals surface area contributed by atoms with Crippen molar-refractivity contribution < 1.29 is 5.11 Å². The maximum Gasteiger partial charge on any atom is 0.139 e. The van der Waals surface area contributed by atoms with E-state index in [1.807, 2.05) is 32.9 Å². The van der Waals surface area contributed by atoms with E-state index < -0.39 is 17.4 Å². The Labute approximate surface area is 85.0 Å². The minimum absolute atomic E-state index is 0.358. The number of aliphatic hydroxyl groups is 1. The minimum Gasteiger partial charge on any atom is -0.393 e. The van der Waals surface area contributed by atoms with Crippen LogP contribution in [0.4, 0.5) is 0 Å². The van der Waals surface area contributed by atoms with E-state index in [-0.39, 0.29) is 5.41 Å². The molecule has 1 fully saturated rings. The fourth-order valence-electron chi connectivity index (χ4n) is 2.33. The molecule has 0 aliphatic heterocycles. The first-order valence-electron chi connectivity index (χ1n) is 4.87. The zero-order valence-corrected chi connectivity index (χ0v) is 8.91. The Kier molecular flexibility index (Phi) is 2.56. The van der Waals surface area contributed by atoms with Gasteiger partial charge in [-0.2, -0.15) is 10.5 Å². The second-order valence-corrected chi connectivity index (χ2v) is 4.88. The molecule has 1 rings (SSSR count). The highest BCUT2D eigenvalue weighted by Gasteiger charge is 2.55. The van der Waals surface area contributed by atoms with Crippen LogP contribution in [0.25, 0.3) is 0 Å². The van der Waals surface area contributed by atoms with E-state index in [0.29, 0.717) is 6.42 Å². The van der Waals surface area contributed by atoms with Gasteiger partial charge in [0.1, 0.15) is 5.92 Å². The second-order valence-electron chi connectivity index (χ2n) is 4.88. The maximum absolute atomic E-state index is 9.81. The van der Waals surface area contributed by atoms with Crippen LogP contribution in [0.3, 0.4) is 0 Å². The lowest BCUT2D eigenvalue weighted by Gasteiger charge is -2.40. The Balaban J connectivity index is 3.09. The average molecular weight is 192 g/mol. The van der Waals surface area contributed by atoms with Gasteiger partial charge in [-0.15, -0.1) is 0 Å². The molecule has 3 nitrogen and oxygen atoms in total. The van der Waals surface area contributed by atoms with Crippen molar-refractivity contribution in [3.8, 4) is 12.1 Å². The van der Waals surface area contributed by atoms with E-state index in [9.17, 15) is 5.11 Å². The number of aliphatic hydroxyl groups excluding tert-OH is 1. The predicted molar refractivity (Wildman–Crippen MR) is 51.8 cm³/mol. The van der Waals surface area contributed by atoms with Gasteiger partial charge in [0.25, 0.3) is 0 Å². The summed E-state index contributed by atoms with van der Waals surface area (Å²) < 4.78 is 0. The Hall–Kier alpha value is -1.06. The van der Waals surface area contributed by atoms with E-state index >= 15 is 0 Å². The van der Waals surface area contributed by atoms with Crippen molar-refractivity contribution in [2.75, 3.05) is 0 Å². The normalized spacial score (nSPS) is 35.2. The van der Waals surface area contributed by atoms with E-state index in [0.717, 1.165) is 6.42 Å². The molecule has 0 saturated heterocycles. The zero-order valence-electron chi connectivity index (χ0n) is 8.91. The van der Waals surface area contributed by atoms with Crippen molar-refractivity contribution in [1.82, 2.24) is 0 Å². The average Bonchev–Trinajstić information content (AvgIpc) is 2.33. The monoisotopic (exact) mass is 192 g/mol. The standard InChI is InChI=1S/C11H16N2O/c1-10(2)9(14)4-5-11(10,3)8(6-12)7-13/h8-9,14H,4-5H2,1-3H3/t9-,11-/m0/s1. The molecule has 0 unspecified atom stereocenters. The van der Waals surface area contributed by atoms with Crippen LogP contribution in [0.2, 0.25) is 0 Å². The fourth-order valence-corrected chi connectivity index (χ4v) is 2.33. The highest BCUT2D eigenvalue weighted by atomic mass is 16.3. The van der Waals surface area contributed by atoms with E-state index in [1.54, 1.807) is 0 Å². The van der Waals surface area contributed by atoms with Gasteiger partial charge in [0, 0.05) is 5.41 Å². The smallest absolute Gasteiger partial charge is 0.139 e. The van der Waals surface area contributed by atoms with Gasteiger partial charge in [0.2, 0.25) is 0 Å². The third-order valence-corrected chi connectivity index (χ3v) is 4.14. The number of rotatable bonds is 1. The van der Waals surface area contributed by atoms with Gasteiger partial charge >= 0.3 is 0 Å². The molecule has 76 valence electrons. The van der Waals surface area contributed by atoms with Crippen LogP contribution in [0.1, 0.15) is 33.6 Å². The summed E-state index contributed by atoms with van der Waals surface area (Å²) in [6.45, 7) is 5.80. The summed E-state index contributed by atoms with van der Waals surface area (Å²) in [5.74, 6) is -0.630. The van der Waals surface area contributed by atoms with Crippen LogP contribution in [0.15, 0.2) is 0 Å². The van der Waals surface area contributed by atoms with Crippen LogP contribution in [-0.4, -0.2) is 11.2 Å². The maximum atomic E-state index is 9.81. The quantitative estimate of drug-likeness (QED) is 0.689. The first-order valence-corrected chi connectivity index (χ1v) is 4.87. The molecule has 14 heavy (non-hydrogen) atoms. The topological polar surface area (TPSA) is 67.8 Å². The van der Waals surface area contributed by atoms with Crippen molar-refractivity contribution in [2.24, 2.45) is 16.7 Å². The van der Waals surface area contributed by atoms with Crippen LogP contribution < -0.4 is 0 Å². The Morgan fingerprint density at radius 3 is 2.07 bits per heavy atom. The van der Waals surface area contributed by atoms with E-state index in [4.69, 9.17) is 10.5 Å². The lowest BCUT2D eigenvalue weighted by Crippen LogP contribution is -2.41. The van der Waals surface area contributed by atoms with Crippen molar-refractivity contribution in [3.05, 3.63) is 0 Å². The summed E-state index contributed by atoms with van der Waals surface area (Å²) in [7, 11) is 0.